The molecule has 2 aromatic carbocycles. The van der Waals surface area contributed by atoms with E-state index in [1.807, 2.05) is 12.1 Å². The summed E-state index contributed by atoms with van der Waals surface area (Å²) in [5.74, 6) is 0.813. The third-order valence-corrected chi connectivity index (χ3v) is 5.08. The molecule has 0 fully saturated rings. The SMILES string of the molecule is Clc1cc(Cl)cc(OCCCC(Cn2cncn2)c2ccc(Cl)cc2Cl)c1. The third-order valence-electron chi connectivity index (χ3n) is 4.08. The predicted molar refractivity (Wildman–Crippen MR) is 110 cm³/mol. The molecule has 142 valence electrons. The van der Waals surface area contributed by atoms with Crippen LogP contribution in [0.25, 0.3) is 0 Å². The molecule has 0 bridgehead atoms. The summed E-state index contributed by atoms with van der Waals surface area (Å²) in [7, 11) is 0. The van der Waals surface area contributed by atoms with Crippen molar-refractivity contribution in [1.82, 2.24) is 14.8 Å². The summed E-state index contributed by atoms with van der Waals surface area (Å²) >= 11 is 24.4. The van der Waals surface area contributed by atoms with Crippen LogP contribution >= 0.6 is 46.4 Å². The Morgan fingerprint density at radius 2 is 1.74 bits per heavy atom. The van der Waals surface area contributed by atoms with Gasteiger partial charge in [-0.2, -0.15) is 5.10 Å². The van der Waals surface area contributed by atoms with Crippen molar-refractivity contribution in [3.05, 3.63) is 74.7 Å². The summed E-state index contributed by atoms with van der Waals surface area (Å²) in [6, 6.07) is 10.7. The molecule has 0 amide bonds. The van der Waals surface area contributed by atoms with Crippen molar-refractivity contribution in [3.63, 3.8) is 0 Å². The number of hydrogen-bond acceptors (Lipinski definition) is 3. The summed E-state index contributed by atoms with van der Waals surface area (Å²) < 4.78 is 7.58. The van der Waals surface area contributed by atoms with Crippen molar-refractivity contribution >= 4 is 46.4 Å². The second kappa shape index (κ2) is 9.65. The standard InChI is InChI=1S/C19H17Cl4N3O/c20-14-3-4-18(19(23)9-14)13(10-26-12-24-11-25-26)2-1-5-27-17-7-15(21)6-16(22)8-17/h3-4,6-9,11-13H,1-2,5,10H2. The van der Waals surface area contributed by atoms with Gasteiger partial charge in [-0.3, -0.25) is 4.68 Å². The first-order chi connectivity index (χ1) is 13.0. The van der Waals surface area contributed by atoms with E-state index in [4.69, 9.17) is 51.1 Å². The van der Waals surface area contributed by atoms with Gasteiger partial charge in [0.15, 0.2) is 0 Å². The van der Waals surface area contributed by atoms with Gasteiger partial charge in [0, 0.05) is 32.6 Å². The van der Waals surface area contributed by atoms with Crippen molar-refractivity contribution in [1.29, 1.82) is 0 Å². The van der Waals surface area contributed by atoms with Crippen LogP contribution in [0.4, 0.5) is 0 Å². The van der Waals surface area contributed by atoms with E-state index in [2.05, 4.69) is 10.1 Å². The largest absolute Gasteiger partial charge is 0.493 e. The Kier molecular flexibility index (Phi) is 7.25. The number of ether oxygens (including phenoxy) is 1. The maximum absolute atomic E-state index is 6.42. The van der Waals surface area contributed by atoms with Crippen LogP contribution in [0.3, 0.4) is 0 Å². The highest BCUT2D eigenvalue weighted by atomic mass is 35.5. The van der Waals surface area contributed by atoms with Gasteiger partial charge in [0.05, 0.1) is 6.61 Å². The lowest BCUT2D eigenvalue weighted by Gasteiger charge is -2.19. The highest BCUT2D eigenvalue weighted by Gasteiger charge is 2.16. The number of aromatic nitrogens is 3. The number of benzene rings is 2. The lowest BCUT2D eigenvalue weighted by Crippen LogP contribution is -2.12. The first kappa shape index (κ1) is 20.3. The highest BCUT2D eigenvalue weighted by molar-refractivity contribution is 6.35. The van der Waals surface area contributed by atoms with Gasteiger partial charge in [-0.1, -0.05) is 52.5 Å². The molecule has 8 heteroatoms. The fourth-order valence-electron chi connectivity index (χ4n) is 2.86. The van der Waals surface area contributed by atoms with Crippen LogP contribution in [0.15, 0.2) is 49.1 Å². The average molecular weight is 445 g/mol. The average Bonchev–Trinajstić information content (AvgIpc) is 3.10. The molecule has 0 radical (unpaired) electrons. The predicted octanol–water partition coefficient (Wildman–Crippen LogP) is 6.53. The molecule has 3 aromatic rings. The number of halogens is 4. The lowest BCUT2D eigenvalue weighted by molar-refractivity contribution is 0.297. The molecule has 0 saturated heterocycles. The molecule has 27 heavy (non-hydrogen) atoms. The summed E-state index contributed by atoms with van der Waals surface area (Å²) in [4.78, 5) is 4.01. The smallest absolute Gasteiger partial charge is 0.137 e. The van der Waals surface area contributed by atoms with E-state index in [1.54, 1.807) is 35.3 Å². The van der Waals surface area contributed by atoms with Crippen molar-refractivity contribution < 1.29 is 4.74 Å². The molecular weight excluding hydrogens is 428 g/mol. The van der Waals surface area contributed by atoms with Gasteiger partial charge in [0.25, 0.3) is 0 Å². The van der Waals surface area contributed by atoms with E-state index in [-0.39, 0.29) is 5.92 Å². The summed E-state index contributed by atoms with van der Waals surface area (Å²) in [6.45, 7) is 1.21. The molecule has 1 aromatic heterocycles. The zero-order valence-electron chi connectivity index (χ0n) is 14.3. The van der Waals surface area contributed by atoms with E-state index < -0.39 is 0 Å². The molecule has 3 rings (SSSR count). The molecule has 0 saturated carbocycles. The minimum atomic E-state index is 0.156. The van der Waals surface area contributed by atoms with E-state index >= 15 is 0 Å². The van der Waals surface area contributed by atoms with Crippen molar-refractivity contribution in [2.24, 2.45) is 0 Å². The Balaban J connectivity index is 1.64. The summed E-state index contributed by atoms with van der Waals surface area (Å²) in [5.41, 5.74) is 1.03. The Hall–Kier alpha value is -1.46. The Morgan fingerprint density at radius 3 is 2.41 bits per heavy atom. The van der Waals surface area contributed by atoms with Gasteiger partial charge in [-0.05, 0) is 48.7 Å². The fraction of sp³-hybridized carbons (Fsp3) is 0.263. The minimum absolute atomic E-state index is 0.156. The quantitative estimate of drug-likeness (QED) is 0.370. The number of nitrogens with zero attached hydrogens (tertiary/aromatic N) is 3. The van der Waals surface area contributed by atoms with Crippen LogP contribution in [0.2, 0.25) is 20.1 Å². The van der Waals surface area contributed by atoms with Crippen LogP contribution in [-0.2, 0) is 6.54 Å². The van der Waals surface area contributed by atoms with Gasteiger partial charge in [0.1, 0.15) is 18.4 Å². The first-order valence-electron chi connectivity index (χ1n) is 8.37. The van der Waals surface area contributed by atoms with Crippen molar-refractivity contribution in [3.8, 4) is 5.75 Å². The number of rotatable bonds is 8. The van der Waals surface area contributed by atoms with Crippen LogP contribution < -0.4 is 4.74 Å². The van der Waals surface area contributed by atoms with E-state index in [0.29, 0.717) is 39.0 Å². The lowest BCUT2D eigenvalue weighted by atomic mass is 9.94. The zero-order chi connectivity index (χ0) is 19.2. The Labute approximate surface area is 178 Å². The van der Waals surface area contributed by atoms with Crippen LogP contribution in [-0.4, -0.2) is 21.4 Å². The first-order valence-corrected chi connectivity index (χ1v) is 9.88. The molecule has 1 atom stereocenters. The van der Waals surface area contributed by atoms with Gasteiger partial charge < -0.3 is 4.74 Å². The molecule has 0 aliphatic heterocycles. The van der Waals surface area contributed by atoms with Gasteiger partial charge in [-0.15, -0.1) is 0 Å². The molecular formula is C19H17Cl4N3O. The zero-order valence-corrected chi connectivity index (χ0v) is 17.3. The van der Waals surface area contributed by atoms with Gasteiger partial charge in [0.2, 0.25) is 0 Å². The van der Waals surface area contributed by atoms with Crippen LogP contribution in [0.1, 0.15) is 24.3 Å². The van der Waals surface area contributed by atoms with Gasteiger partial charge in [-0.25, -0.2) is 4.98 Å². The Morgan fingerprint density at radius 1 is 0.963 bits per heavy atom. The normalized spacial score (nSPS) is 12.1. The second-order valence-electron chi connectivity index (χ2n) is 6.08. The molecule has 0 aliphatic carbocycles. The number of hydrogen-bond donors (Lipinski definition) is 0. The molecule has 0 spiro atoms. The van der Waals surface area contributed by atoms with Crippen LogP contribution in [0, 0.1) is 0 Å². The third kappa shape index (κ3) is 6.01. The topological polar surface area (TPSA) is 39.9 Å². The van der Waals surface area contributed by atoms with E-state index in [9.17, 15) is 0 Å². The summed E-state index contributed by atoms with van der Waals surface area (Å²) in [6.07, 6.45) is 4.89. The van der Waals surface area contributed by atoms with Crippen molar-refractivity contribution in [2.45, 2.75) is 25.3 Å². The van der Waals surface area contributed by atoms with Crippen LogP contribution in [0.5, 0.6) is 5.75 Å². The molecule has 1 heterocycles. The molecule has 0 aliphatic rings. The summed E-state index contributed by atoms with van der Waals surface area (Å²) in [5, 5.41) is 6.56. The minimum Gasteiger partial charge on any atom is -0.493 e. The van der Waals surface area contributed by atoms with E-state index in [0.717, 1.165) is 18.4 Å². The molecule has 0 N–H and O–H groups in total. The second-order valence-corrected chi connectivity index (χ2v) is 7.79. The van der Waals surface area contributed by atoms with Crippen molar-refractivity contribution in [2.75, 3.05) is 6.61 Å². The fourth-order valence-corrected chi connectivity index (χ4v) is 3.93. The van der Waals surface area contributed by atoms with Gasteiger partial charge >= 0.3 is 0 Å². The molecule has 4 nitrogen and oxygen atoms in total. The maximum Gasteiger partial charge on any atom is 0.137 e. The maximum atomic E-state index is 6.42. The highest BCUT2D eigenvalue weighted by Crippen LogP contribution is 2.32. The monoisotopic (exact) mass is 443 g/mol. The van der Waals surface area contributed by atoms with E-state index in [1.165, 1.54) is 6.33 Å². The molecule has 1 unspecified atom stereocenters. The Bertz CT molecular complexity index is 866.